The van der Waals surface area contributed by atoms with Crippen molar-refractivity contribution in [1.29, 1.82) is 0 Å². The molecule has 1 N–H and O–H groups in total. The van der Waals surface area contributed by atoms with E-state index in [9.17, 15) is 9.50 Å². The minimum absolute atomic E-state index is 0.205. The van der Waals surface area contributed by atoms with Crippen LogP contribution in [0, 0.1) is 5.82 Å². The summed E-state index contributed by atoms with van der Waals surface area (Å²) in [5.41, 5.74) is 1.84. The van der Waals surface area contributed by atoms with Gasteiger partial charge in [-0.15, -0.1) is 11.3 Å². The molecule has 1 unspecified atom stereocenters. The molecule has 2 aromatic heterocycles. The maximum Gasteiger partial charge on any atom is 0.125 e. The van der Waals surface area contributed by atoms with Gasteiger partial charge < -0.3 is 5.11 Å². The van der Waals surface area contributed by atoms with E-state index in [0.717, 1.165) is 50.4 Å². The molecule has 28 heavy (non-hydrogen) atoms. The smallest absolute Gasteiger partial charge is 0.125 e. The van der Waals surface area contributed by atoms with Gasteiger partial charge in [0.2, 0.25) is 0 Å². The molecule has 1 aliphatic heterocycles. The van der Waals surface area contributed by atoms with Crippen molar-refractivity contribution in [2.45, 2.75) is 25.6 Å². The zero-order chi connectivity index (χ0) is 19.3. The van der Waals surface area contributed by atoms with E-state index >= 15 is 0 Å². The molecule has 1 atom stereocenters. The molecule has 5 nitrogen and oxygen atoms in total. The van der Waals surface area contributed by atoms with E-state index in [1.807, 2.05) is 18.5 Å². The number of hydrogen-bond acceptors (Lipinski definition) is 5. The Morgan fingerprint density at radius 2 is 2.11 bits per heavy atom. The number of aliphatic hydroxyl groups is 1. The van der Waals surface area contributed by atoms with Crippen LogP contribution in [0.2, 0.25) is 0 Å². The fraction of sp³-hybridized carbons (Fsp3) is 0.381. The fourth-order valence-corrected chi connectivity index (χ4v) is 4.52. The van der Waals surface area contributed by atoms with Crippen molar-refractivity contribution in [3.8, 4) is 5.69 Å². The Balaban J connectivity index is 1.39. The number of thiophene rings is 1. The third-order valence-electron chi connectivity index (χ3n) is 5.21. The average Bonchev–Trinajstić information content (AvgIpc) is 3.36. The van der Waals surface area contributed by atoms with E-state index in [1.165, 1.54) is 17.0 Å². The quantitative estimate of drug-likeness (QED) is 0.662. The van der Waals surface area contributed by atoms with Gasteiger partial charge in [-0.2, -0.15) is 5.10 Å². The van der Waals surface area contributed by atoms with E-state index in [0.29, 0.717) is 6.04 Å². The van der Waals surface area contributed by atoms with Crippen LogP contribution < -0.4 is 0 Å². The number of rotatable bonds is 7. The molecule has 0 radical (unpaired) electrons. The van der Waals surface area contributed by atoms with Gasteiger partial charge in [-0.3, -0.25) is 9.80 Å². The van der Waals surface area contributed by atoms with Crippen LogP contribution in [-0.2, 0) is 13.1 Å². The number of piperazine rings is 1. The summed E-state index contributed by atoms with van der Waals surface area (Å²) in [6, 6.07) is 11.1. The molecule has 1 saturated heterocycles. The zero-order valence-electron chi connectivity index (χ0n) is 15.7. The van der Waals surface area contributed by atoms with Crippen molar-refractivity contribution in [2.75, 3.05) is 26.2 Å². The molecule has 7 heteroatoms. The standard InChI is InChI=1S/C21H25FN4OS/c22-18-3-1-4-19(11-18)26-14-17(12-23-26)13-24-7-8-25(20(15-24)6-9-27)16-21-5-2-10-28-21/h1-5,10-12,14,20,27H,6-9,13,15-16H2. The van der Waals surface area contributed by atoms with Gasteiger partial charge in [-0.1, -0.05) is 12.1 Å². The van der Waals surface area contributed by atoms with E-state index in [4.69, 9.17) is 0 Å². The molecule has 3 aromatic rings. The molecule has 0 saturated carbocycles. The molecular weight excluding hydrogens is 375 g/mol. The monoisotopic (exact) mass is 400 g/mol. The van der Waals surface area contributed by atoms with E-state index in [2.05, 4.69) is 32.4 Å². The molecule has 0 spiro atoms. The zero-order valence-corrected chi connectivity index (χ0v) is 16.6. The van der Waals surface area contributed by atoms with Gasteiger partial charge in [0, 0.05) is 62.0 Å². The first-order valence-corrected chi connectivity index (χ1v) is 10.5. The van der Waals surface area contributed by atoms with Crippen LogP contribution in [0.4, 0.5) is 4.39 Å². The molecule has 3 heterocycles. The molecule has 0 bridgehead atoms. The molecule has 4 rings (SSSR count). The third-order valence-corrected chi connectivity index (χ3v) is 6.07. The maximum atomic E-state index is 13.4. The predicted octanol–water partition coefficient (Wildman–Crippen LogP) is 3.14. The molecule has 1 aliphatic rings. The Kier molecular flexibility index (Phi) is 6.17. The highest BCUT2D eigenvalue weighted by Crippen LogP contribution is 2.20. The van der Waals surface area contributed by atoms with E-state index in [1.54, 1.807) is 22.1 Å². The first-order chi connectivity index (χ1) is 13.7. The minimum Gasteiger partial charge on any atom is -0.396 e. The summed E-state index contributed by atoms with van der Waals surface area (Å²) >= 11 is 1.79. The molecule has 0 aliphatic carbocycles. The Bertz CT molecular complexity index is 882. The van der Waals surface area contributed by atoms with Gasteiger partial charge in [-0.25, -0.2) is 9.07 Å². The second-order valence-electron chi connectivity index (χ2n) is 7.22. The van der Waals surface area contributed by atoms with Crippen molar-refractivity contribution in [1.82, 2.24) is 19.6 Å². The number of aromatic nitrogens is 2. The Labute approximate surface area is 168 Å². The lowest BCUT2D eigenvalue weighted by Gasteiger charge is -2.41. The lowest BCUT2D eigenvalue weighted by molar-refractivity contribution is 0.0506. The Morgan fingerprint density at radius 3 is 2.89 bits per heavy atom. The van der Waals surface area contributed by atoms with E-state index in [-0.39, 0.29) is 12.4 Å². The number of nitrogens with zero attached hydrogens (tertiary/aromatic N) is 4. The SMILES string of the molecule is OCCC1CN(Cc2cnn(-c3cccc(F)c3)c2)CCN1Cc1cccs1. The van der Waals surface area contributed by atoms with Crippen molar-refractivity contribution >= 4 is 11.3 Å². The van der Waals surface area contributed by atoms with Gasteiger partial charge >= 0.3 is 0 Å². The number of aliphatic hydroxyl groups excluding tert-OH is 1. The molecule has 0 amide bonds. The second-order valence-corrected chi connectivity index (χ2v) is 8.26. The highest BCUT2D eigenvalue weighted by Gasteiger charge is 2.27. The summed E-state index contributed by atoms with van der Waals surface area (Å²) in [6.45, 7) is 4.87. The van der Waals surface area contributed by atoms with Gasteiger partial charge in [0.25, 0.3) is 0 Å². The first-order valence-electron chi connectivity index (χ1n) is 9.60. The van der Waals surface area contributed by atoms with Crippen LogP contribution in [0.15, 0.2) is 54.2 Å². The molecule has 148 valence electrons. The number of benzene rings is 1. The maximum absolute atomic E-state index is 13.4. The summed E-state index contributed by atoms with van der Waals surface area (Å²) in [7, 11) is 0. The summed E-state index contributed by atoms with van der Waals surface area (Å²) in [4.78, 5) is 6.26. The topological polar surface area (TPSA) is 44.5 Å². The van der Waals surface area contributed by atoms with Crippen molar-refractivity contribution in [2.24, 2.45) is 0 Å². The van der Waals surface area contributed by atoms with Crippen LogP contribution in [-0.4, -0.2) is 57.0 Å². The van der Waals surface area contributed by atoms with Crippen LogP contribution >= 0.6 is 11.3 Å². The first kappa shape index (κ1) is 19.3. The van der Waals surface area contributed by atoms with E-state index < -0.39 is 0 Å². The van der Waals surface area contributed by atoms with Gasteiger partial charge in [0.15, 0.2) is 0 Å². The second kappa shape index (κ2) is 8.96. The lowest BCUT2D eigenvalue weighted by atomic mass is 10.1. The van der Waals surface area contributed by atoms with Crippen molar-refractivity contribution in [3.05, 3.63) is 70.4 Å². The van der Waals surface area contributed by atoms with Crippen LogP contribution in [0.25, 0.3) is 5.69 Å². The summed E-state index contributed by atoms with van der Waals surface area (Å²) in [6.07, 6.45) is 4.60. The van der Waals surface area contributed by atoms with Crippen molar-refractivity contribution in [3.63, 3.8) is 0 Å². The van der Waals surface area contributed by atoms with Crippen LogP contribution in [0.3, 0.4) is 0 Å². The summed E-state index contributed by atoms with van der Waals surface area (Å²) in [5.74, 6) is -0.261. The van der Waals surface area contributed by atoms with Gasteiger partial charge in [-0.05, 0) is 36.1 Å². The number of halogens is 1. The van der Waals surface area contributed by atoms with Gasteiger partial charge in [0.05, 0.1) is 11.9 Å². The lowest BCUT2D eigenvalue weighted by Crippen LogP contribution is -2.52. The predicted molar refractivity (Wildman–Crippen MR) is 109 cm³/mol. The van der Waals surface area contributed by atoms with Gasteiger partial charge in [0.1, 0.15) is 5.82 Å². The van der Waals surface area contributed by atoms with Crippen LogP contribution in [0.1, 0.15) is 16.9 Å². The largest absolute Gasteiger partial charge is 0.396 e. The Hall–Kier alpha value is -2.06. The average molecular weight is 401 g/mol. The fourth-order valence-electron chi connectivity index (χ4n) is 3.79. The van der Waals surface area contributed by atoms with Crippen molar-refractivity contribution < 1.29 is 9.50 Å². The summed E-state index contributed by atoms with van der Waals surface area (Å²) < 4.78 is 15.2. The summed E-state index contributed by atoms with van der Waals surface area (Å²) in [5, 5.41) is 16.0. The molecule has 1 aromatic carbocycles. The molecular formula is C21H25FN4OS. The normalized spacial score (nSPS) is 18.6. The minimum atomic E-state index is -0.261. The third kappa shape index (κ3) is 4.67. The number of hydrogen-bond donors (Lipinski definition) is 1. The highest BCUT2D eigenvalue weighted by molar-refractivity contribution is 7.09. The molecule has 1 fully saturated rings. The Morgan fingerprint density at radius 1 is 1.18 bits per heavy atom. The highest BCUT2D eigenvalue weighted by atomic mass is 32.1. The van der Waals surface area contributed by atoms with Crippen LogP contribution in [0.5, 0.6) is 0 Å².